The topological polar surface area (TPSA) is 49.3 Å². The molecule has 0 heterocycles. The summed E-state index contributed by atoms with van der Waals surface area (Å²) < 4.78 is 0. The molecule has 0 radical (unpaired) electrons. The van der Waals surface area contributed by atoms with Crippen molar-refractivity contribution in [1.82, 2.24) is 0 Å². The molecule has 3 heteroatoms. The summed E-state index contributed by atoms with van der Waals surface area (Å²) in [5.74, 6) is 6.61. The number of benzene rings is 1. The normalized spacial score (nSPS) is 20.7. The van der Waals surface area contributed by atoms with E-state index in [9.17, 15) is 4.79 Å². The van der Waals surface area contributed by atoms with Gasteiger partial charge in [0.1, 0.15) is 0 Å². The molecule has 1 aliphatic carbocycles. The Morgan fingerprint density at radius 1 is 1.43 bits per heavy atom. The van der Waals surface area contributed by atoms with Crippen molar-refractivity contribution in [3.8, 4) is 11.8 Å². The third-order valence-electron chi connectivity index (χ3n) is 4.09. The van der Waals surface area contributed by atoms with Gasteiger partial charge < -0.3 is 10.4 Å². The molecule has 112 valence electrons. The molecule has 2 N–H and O–H groups in total. The van der Waals surface area contributed by atoms with Gasteiger partial charge in [0.05, 0.1) is 12.3 Å². The molecule has 21 heavy (non-hydrogen) atoms. The summed E-state index contributed by atoms with van der Waals surface area (Å²) in [6.07, 6.45) is 3.69. The van der Waals surface area contributed by atoms with Crippen LogP contribution in [0.4, 0.5) is 5.69 Å². The van der Waals surface area contributed by atoms with Crippen LogP contribution in [0.2, 0.25) is 0 Å². The van der Waals surface area contributed by atoms with Crippen molar-refractivity contribution in [3.63, 3.8) is 0 Å². The van der Waals surface area contributed by atoms with Gasteiger partial charge in [-0.2, -0.15) is 0 Å². The summed E-state index contributed by atoms with van der Waals surface area (Å²) in [7, 11) is 0. The van der Waals surface area contributed by atoms with Crippen molar-refractivity contribution in [1.29, 1.82) is 0 Å². The second kappa shape index (κ2) is 7.28. The number of nitrogens with one attached hydrogen (secondary N) is 1. The van der Waals surface area contributed by atoms with Crippen LogP contribution in [0.15, 0.2) is 18.2 Å². The molecule has 1 amide bonds. The number of aliphatic hydroxyl groups excluding tert-OH is 1. The molecular weight excluding hydrogens is 262 g/mol. The van der Waals surface area contributed by atoms with Gasteiger partial charge in [-0.3, -0.25) is 4.79 Å². The van der Waals surface area contributed by atoms with E-state index in [1.54, 1.807) is 0 Å². The van der Waals surface area contributed by atoms with Crippen molar-refractivity contribution in [2.45, 2.75) is 39.5 Å². The number of carbonyl (C=O) groups excluding carboxylic acids is 1. The first-order valence-corrected chi connectivity index (χ1v) is 7.63. The van der Waals surface area contributed by atoms with Crippen LogP contribution in [0.3, 0.4) is 0 Å². The number of aryl methyl sites for hydroxylation is 1. The van der Waals surface area contributed by atoms with E-state index in [1.807, 2.05) is 25.1 Å². The maximum Gasteiger partial charge on any atom is 0.227 e. The Balaban J connectivity index is 2.16. The molecule has 0 bridgehead atoms. The summed E-state index contributed by atoms with van der Waals surface area (Å²) in [6, 6.07) is 5.87. The van der Waals surface area contributed by atoms with Crippen LogP contribution in [0, 0.1) is 30.6 Å². The first kappa shape index (κ1) is 15.6. The molecule has 2 unspecified atom stereocenters. The van der Waals surface area contributed by atoms with E-state index in [4.69, 9.17) is 5.11 Å². The first-order valence-electron chi connectivity index (χ1n) is 7.63. The lowest BCUT2D eigenvalue weighted by Gasteiger charge is -2.16. The zero-order valence-corrected chi connectivity index (χ0v) is 12.8. The fourth-order valence-electron chi connectivity index (χ4n) is 2.84. The maximum atomic E-state index is 12.4. The smallest absolute Gasteiger partial charge is 0.227 e. The van der Waals surface area contributed by atoms with Gasteiger partial charge in [-0.1, -0.05) is 31.3 Å². The molecule has 0 spiro atoms. The van der Waals surface area contributed by atoms with Crippen molar-refractivity contribution in [2.75, 3.05) is 11.9 Å². The highest BCUT2D eigenvalue weighted by Gasteiger charge is 2.29. The molecule has 1 saturated carbocycles. The van der Waals surface area contributed by atoms with Crippen LogP contribution >= 0.6 is 0 Å². The van der Waals surface area contributed by atoms with Crippen LogP contribution < -0.4 is 5.32 Å². The van der Waals surface area contributed by atoms with Crippen molar-refractivity contribution >= 4 is 11.6 Å². The Bertz CT molecular complexity index is 568. The molecule has 1 aromatic carbocycles. The van der Waals surface area contributed by atoms with Gasteiger partial charge in [-0.15, -0.1) is 0 Å². The number of rotatable bonds is 3. The minimum Gasteiger partial charge on any atom is -0.395 e. The predicted molar refractivity (Wildman–Crippen MR) is 84.9 cm³/mol. The van der Waals surface area contributed by atoms with Gasteiger partial charge >= 0.3 is 0 Å². The summed E-state index contributed by atoms with van der Waals surface area (Å²) in [5.41, 5.74) is 2.69. The number of carbonyl (C=O) groups is 1. The second-order valence-corrected chi connectivity index (χ2v) is 5.83. The average molecular weight is 285 g/mol. The molecular formula is C18H23NO2. The molecule has 3 nitrogen and oxygen atoms in total. The highest BCUT2D eigenvalue weighted by molar-refractivity contribution is 5.94. The van der Waals surface area contributed by atoms with Crippen LogP contribution in [-0.2, 0) is 4.79 Å². The maximum absolute atomic E-state index is 12.4. The van der Waals surface area contributed by atoms with E-state index in [-0.39, 0.29) is 18.4 Å². The van der Waals surface area contributed by atoms with Crippen LogP contribution in [-0.4, -0.2) is 17.6 Å². The van der Waals surface area contributed by atoms with Crippen LogP contribution in [0.25, 0.3) is 0 Å². The minimum atomic E-state index is 0.0557. The first-order chi connectivity index (χ1) is 10.1. The zero-order valence-electron chi connectivity index (χ0n) is 12.8. The van der Waals surface area contributed by atoms with Gasteiger partial charge in [-0.05, 0) is 43.4 Å². The quantitative estimate of drug-likeness (QED) is 0.838. The highest BCUT2D eigenvalue weighted by atomic mass is 16.2. The predicted octanol–water partition coefficient (Wildman–Crippen LogP) is 3.10. The monoisotopic (exact) mass is 285 g/mol. The molecule has 1 aromatic rings. The van der Waals surface area contributed by atoms with Crippen molar-refractivity contribution in [2.24, 2.45) is 11.8 Å². The van der Waals surface area contributed by atoms with Gasteiger partial charge in [0.25, 0.3) is 0 Å². The van der Waals surface area contributed by atoms with Crippen molar-refractivity contribution < 1.29 is 9.90 Å². The van der Waals surface area contributed by atoms with Crippen LogP contribution in [0.5, 0.6) is 0 Å². The van der Waals surface area contributed by atoms with Gasteiger partial charge in [0.15, 0.2) is 0 Å². The lowest BCUT2D eigenvalue weighted by molar-refractivity contribution is -0.120. The minimum absolute atomic E-state index is 0.0557. The number of amides is 1. The van der Waals surface area contributed by atoms with Gasteiger partial charge in [0, 0.05) is 17.9 Å². The standard InChI is InChI=1S/C18H23NO2/c1-13-9-10-15(7-3-4-11-20)17(12-13)19-18(21)16-8-5-6-14(16)2/h9-10,12,14,16,20H,4-6,8,11H2,1-2H3,(H,19,21). The third-order valence-corrected chi connectivity index (χ3v) is 4.09. The fourth-order valence-corrected chi connectivity index (χ4v) is 2.84. The summed E-state index contributed by atoms with van der Waals surface area (Å²) >= 11 is 0. The number of hydrogen-bond donors (Lipinski definition) is 2. The van der Waals surface area contributed by atoms with E-state index in [1.165, 1.54) is 0 Å². The Kier molecular flexibility index (Phi) is 5.41. The van der Waals surface area contributed by atoms with Gasteiger partial charge in [0.2, 0.25) is 5.91 Å². The SMILES string of the molecule is Cc1ccc(C#CCCO)c(NC(=O)C2CCCC2C)c1. The zero-order chi connectivity index (χ0) is 15.2. The Hall–Kier alpha value is -1.79. The lowest BCUT2D eigenvalue weighted by Crippen LogP contribution is -2.25. The molecule has 1 aliphatic rings. The van der Waals surface area contributed by atoms with E-state index < -0.39 is 0 Å². The van der Waals surface area contributed by atoms with E-state index >= 15 is 0 Å². The Labute approximate surface area is 126 Å². The molecule has 0 aromatic heterocycles. The van der Waals surface area contributed by atoms with Crippen LogP contribution in [0.1, 0.15) is 43.7 Å². The molecule has 0 saturated heterocycles. The molecule has 0 aliphatic heterocycles. The molecule has 1 fully saturated rings. The van der Waals surface area contributed by atoms with E-state index in [0.717, 1.165) is 36.1 Å². The number of aliphatic hydroxyl groups is 1. The lowest BCUT2D eigenvalue weighted by atomic mass is 9.97. The fraction of sp³-hybridized carbons (Fsp3) is 0.500. The second-order valence-electron chi connectivity index (χ2n) is 5.83. The largest absolute Gasteiger partial charge is 0.395 e. The summed E-state index contributed by atoms with van der Waals surface area (Å²) in [6.45, 7) is 4.20. The Morgan fingerprint density at radius 2 is 2.24 bits per heavy atom. The third kappa shape index (κ3) is 4.09. The molecule has 2 atom stereocenters. The highest BCUT2D eigenvalue weighted by Crippen LogP contribution is 2.32. The van der Waals surface area contributed by atoms with E-state index in [2.05, 4.69) is 24.1 Å². The average Bonchev–Trinajstić information content (AvgIpc) is 2.88. The van der Waals surface area contributed by atoms with Gasteiger partial charge in [-0.25, -0.2) is 0 Å². The number of hydrogen-bond acceptors (Lipinski definition) is 2. The Morgan fingerprint density at radius 3 is 2.90 bits per heavy atom. The van der Waals surface area contributed by atoms with E-state index in [0.29, 0.717) is 12.3 Å². The summed E-state index contributed by atoms with van der Waals surface area (Å²) in [5, 5.41) is 11.9. The van der Waals surface area contributed by atoms with Crippen molar-refractivity contribution in [3.05, 3.63) is 29.3 Å². The number of anilines is 1. The molecule has 2 rings (SSSR count). The summed E-state index contributed by atoms with van der Waals surface area (Å²) in [4.78, 5) is 12.4.